The van der Waals surface area contributed by atoms with Crippen molar-refractivity contribution in [3.63, 3.8) is 0 Å². The molecule has 3 rings (SSSR count). The summed E-state index contributed by atoms with van der Waals surface area (Å²) in [6.07, 6.45) is 0. The third-order valence-corrected chi connectivity index (χ3v) is 6.38. The van der Waals surface area contributed by atoms with Crippen molar-refractivity contribution >= 4 is 49.1 Å². The molecule has 0 amide bonds. The van der Waals surface area contributed by atoms with Crippen LogP contribution in [0.15, 0.2) is 53.4 Å². The zero-order valence-electron chi connectivity index (χ0n) is 14.4. The lowest BCUT2D eigenvalue weighted by atomic mass is 10.2. The number of thiophene rings is 1. The zero-order chi connectivity index (χ0) is 19.3. The van der Waals surface area contributed by atoms with E-state index in [1.165, 1.54) is 30.6 Å². The van der Waals surface area contributed by atoms with Crippen LogP contribution in [0.1, 0.15) is 37.5 Å². The first-order valence-corrected chi connectivity index (χ1v) is 10.0. The number of carbonyl (C=O) groups excluding carboxylic acids is 1. The topological polar surface area (TPSA) is 69.7 Å². The summed E-state index contributed by atoms with van der Waals surface area (Å²) in [4.78, 5) is 12.0. The molecule has 162 valence electrons. The first-order valence-electron chi connectivity index (χ1n) is 7.42. The molecule has 2 aromatic carbocycles. The third kappa shape index (κ3) is 7.12. The summed E-state index contributed by atoms with van der Waals surface area (Å²) in [6, 6.07) is 14.1. The van der Waals surface area contributed by atoms with E-state index in [1.807, 2.05) is 31.2 Å². The molecule has 0 saturated carbocycles. The lowest BCUT2D eigenvalue weighted by Gasteiger charge is -2.00. The summed E-state index contributed by atoms with van der Waals surface area (Å²) in [7, 11) is -1.02. The average Bonchev–Trinajstić information content (AvgIpc) is 2.99. The Morgan fingerprint density at radius 1 is 0.966 bits per heavy atom. The number of fused-ring (bicyclic) bond motifs is 1. The number of methoxy groups -OCH3 is 1. The predicted octanol–water partition coefficient (Wildman–Crippen LogP) is 6.58. The van der Waals surface area contributed by atoms with Gasteiger partial charge in [0.05, 0.1) is 24.1 Å². The minimum Gasteiger partial charge on any atom is -0.465 e. The van der Waals surface area contributed by atoms with Gasteiger partial charge in [-0.15, -0.1) is 11.3 Å². The molecule has 0 aliphatic carbocycles. The second kappa shape index (κ2) is 12.6. The minimum absolute atomic E-state index is 0. The van der Waals surface area contributed by atoms with Gasteiger partial charge < -0.3 is 4.74 Å². The maximum absolute atomic E-state index is 11.3. The van der Waals surface area contributed by atoms with Crippen LogP contribution in [0.25, 0.3) is 10.1 Å². The maximum atomic E-state index is 11.3. The minimum atomic E-state index is -3.51. The molecule has 8 heteroatoms. The van der Waals surface area contributed by atoms with E-state index in [9.17, 15) is 13.2 Å². The van der Waals surface area contributed by atoms with Gasteiger partial charge in [0.2, 0.25) is 0 Å². The number of benzene rings is 2. The number of esters is 1. The van der Waals surface area contributed by atoms with Crippen molar-refractivity contribution in [2.45, 2.75) is 34.1 Å². The van der Waals surface area contributed by atoms with Crippen LogP contribution >= 0.6 is 22.9 Å². The van der Waals surface area contributed by atoms with Crippen molar-refractivity contribution in [1.29, 1.82) is 0 Å². The summed E-state index contributed by atoms with van der Waals surface area (Å²) in [5, 5.41) is 1.39. The molecule has 1 heterocycles. The van der Waals surface area contributed by atoms with E-state index in [4.69, 9.17) is 11.6 Å². The molecule has 0 bridgehead atoms. The summed E-state index contributed by atoms with van der Waals surface area (Å²) in [5.41, 5.74) is 1.02. The summed E-state index contributed by atoms with van der Waals surface area (Å²) < 4.78 is 32.1. The number of hydrogen-bond acceptors (Lipinski definition) is 6. The Bertz CT molecular complexity index is 1010. The number of aryl methyl sites for hydroxylation is 1. The Labute approximate surface area is 183 Å². The van der Waals surface area contributed by atoms with Crippen LogP contribution < -0.4 is 0 Å². The molecule has 1 aromatic heterocycles. The van der Waals surface area contributed by atoms with Crippen LogP contribution in [-0.4, -0.2) is 28.6 Å². The lowest BCUT2D eigenvalue weighted by molar-refractivity contribution is 0.0606. The molecule has 29 heavy (non-hydrogen) atoms. The predicted molar refractivity (Wildman–Crippen MR) is 124 cm³/mol. The molecule has 5 nitrogen and oxygen atoms in total. The fraction of sp³-hybridized carbons (Fsp3) is 0.286. The second-order valence-corrected chi connectivity index (χ2v) is 8.31. The average molecular weight is 461 g/mol. The van der Waals surface area contributed by atoms with E-state index in [1.54, 1.807) is 12.1 Å². The lowest BCUT2D eigenvalue weighted by Crippen LogP contribution is -2.02. The number of carbonyl (C=O) groups is 1. The molecule has 0 radical (unpaired) electrons. The van der Waals surface area contributed by atoms with Crippen molar-refractivity contribution in [2.75, 3.05) is 14.2 Å². The molecular formula is C21H29ClO5S2. The largest absolute Gasteiger partial charge is 0.465 e. The van der Waals surface area contributed by atoms with Crippen LogP contribution in [0.5, 0.6) is 0 Å². The molecule has 0 aliphatic rings. The highest BCUT2D eigenvalue weighted by atomic mass is 35.5. The normalized spacial score (nSPS) is 9.79. The van der Waals surface area contributed by atoms with Gasteiger partial charge in [-0.25, -0.2) is 4.79 Å². The van der Waals surface area contributed by atoms with Crippen LogP contribution in [0.2, 0.25) is 5.02 Å². The van der Waals surface area contributed by atoms with Gasteiger partial charge in [-0.2, -0.15) is 8.42 Å². The highest BCUT2D eigenvalue weighted by Gasteiger charge is 2.16. The number of halogens is 1. The van der Waals surface area contributed by atoms with E-state index in [0.717, 1.165) is 22.8 Å². The molecule has 0 unspecified atom stereocenters. The van der Waals surface area contributed by atoms with Crippen LogP contribution in [-0.2, 0) is 19.0 Å². The van der Waals surface area contributed by atoms with Gasteiger partial charge in [0, 0.05) is 10.1 Å². The van der Waals surface area contributed by atoms with Gasteiger partial charge in [0.1, 0.15) is 4.88 Å². The van der Waals surface area contributed by atoms with Crippen LogP contribution in [0.3, 0.4) is 0 Å². The van der Waals surface area contributed by atoms with Gasteiger partial charge in [0.25, 0.3) is 10.1 Å². The van der Waals surface area contributed by atoms with Crippen molar-refractivity contribution in [1.82, 2.24) is 0 Å². The van der Waals surface area contributed by atoms with Gasteiger partial charge >= 0.3 is 5.97 Å². The molecule has 3 aromatic rings. The van der Waals surface area contributed by atoms with Gasteiger partial charge in [-0.05, 0) is 25.1 Å². The molecule has 0 N–H and O–H groups in total. The Balaban J connectivity index is 0. The molecule has 0 saturated heterocycles. The SMILES string of the molecule is C.C.C.COC(=O)c1sc2ccccc2c1Cl.COS(=O)(=O)c1ccc(C)cc1. The number of rotatable bonds is 3. The van der Waals surface area contributed by atoms with E-state index < -0.39 is 10.1 Å². The smallest absolute Gasteiger partial charge is 0.349 e. The highest BCUT2D eigenvalue weighted by molar-refractivity contribution is 7.86. The van der Waals surface area contributed by atoms with Crippen molar-refractivity contribution in [2.24, 2.45) is 0 Å². The molecule has 0 fully saturated rings. The van der Waals surface area contributed by atoms with E-state index >= 15 is 0 Å². The first-order chi connectivity index (χ1) is 12.3. The van der Waals surface area contributed by atoms with Crippen LogP contribution in [0.4, 0.5) is 0 Å². The second-order valence-electron chi connectivity index (χ2n) is 5.17. The van der Waals surface area contributed by atoms with E-state index in [2.05, 4.69) is 8.92 Å². The molecule has 0 spiro atoms. The Hall–Kier alpha value is -1.93. The highest BCUT2D eigenvalue weighted by Crippen LogP contribution is 2.35. The Morgan fingerprint density at radius 2 is 1.52 bits per heavy atom. The molecule has 0 aliphatic heterocycles. The summed E-state index contributed by atoms with van der Waals surface area (Å²) in [5.74, 6) is -0.379. The first kappa shape index (κ1) is 29.3. The van der Waals surface area contributed by atoms with Gasteiger partial charge in [-0.3, -0.25) is 4.18 Å². The third-order valence-electron chi connectivity index (χ3n) is 3.43. The summed E-state index contributed by atoms with van der Waals surface area (Å²) >= 11 is 7.39. The Kier molecular flexibility index (Phi) is 12.7. The van der Waals surface area contributed by atoms with Crippen LogP contribution in [0, 0.1) is 6.92 Å². The zero-order valence-corrected chi connectivity index (χ0v) is 16.7. The van der Waals surface area contributed by atoms with E-state index in [-0.39, 0.29) is 33.1 Å². The van der Waals surface area contributed by atoms with Gasteiger partial charge in [-0.1, -0.05) is 69.8 Å². The van der Waals surface area contributed by atoms with E-state index in [0.29, 0.717) is 9.90 Å². The van der Waals surface area contributed by atoms with Crippen molar-refractivity contribution in [3.8, 4) is 0 Å². The Morgan fingerprint density at radius 3 is 2.00 bits per heavy atom. The van der Waals surface area contributed by atoms with Crippen molar-refractivity contribution < 1.29 is 22.1 Å². The summed E-state index contributed by atoms with van der Waals surface area (Å²) in [6.45, 7) is 1.89. The molecule has 0 atom stereocenters. The monoisotopic (exact) mass is 460 g/mol. The number of ether oxygens (including phenoxy) is 1. The maximum Gasteiger partial charge on any atom is 0.349 e. The number of hydrogen-bond donors (Lipinski definition) is 0. The van der Waals surface area contributed by atoms with Gasteiger partial charge in [0.15, 0.2) is 0 Å². The molecular weight excluding hydrogens is 432 g/mol. The quantitative estimate of drug-likeness (QED) is 0.326. The fourth-order valence-corrected chi connectivity index (χ4v) is 4.13. The fourth-order valence-electron chi connectivity index (χ4n) is 2.04. The van der Waals surface area contributed by atoms with Crippen molar-refractivity contribution in [3.05, 3.63) is 64.0 Å². The standard InChI is InChI=1S/C10H7ClO2S.C8H10O3S.3CH4/c1-13-10(12)9-8(11)6-4-2-3-5-7(6)14-9;1-7-3-5-8(6-4-7)12(9,10)11-2;;;/h2-5H,1H3;3-6H,1-2H3;3*1H4.